The number of nitrogens with one attached hydrogen (secondary N) is 1. The molecule has 0 bridgehead atoms. The van der Waals surface area contributed by atoms with Gasteiger partial charge in [-0.15, -0.1) is 0 Å². The van der Waals surface area contributed by atoms with Crippen LogP contribution >= 0.6 is 11.3 Å². The molecule has 1 N–H and O–H groups in total. The van der Waals surface area contributed by atoms with E-state index in [2.05, 4.69) is 23.0 Å². The number of nitrogens with zero attached hydrogens (tertiary/aromatic N) is 1. The first-order valence-electron chi connectivity index (χ1n) is 4.72. The molecule has 0 aliphatic carbocycles. The predicted octanol–water partition coefficient (Wildman–Crippen LogP) is 1.33. The van der Waals surface area contributed by atoms with Crippen LogP contribution in [0.2, 0.25) is 0 Å². The summed E-state index contributed by atoms with van der Waals surface area (Å²) in [5, 5.41) is 7.37. The van der Waals surface area contributed by atoms with Gasteiger partial charge in [0, 0.05) is 6.54 Å². The highest BCUT2D eigenvalue weighted by molar-refractivity contribution is 7.08. The fourth-order valence-corrected chi connectivity index (χ4v) is 2.42. The maximum Gasteiger partial charge on any atom is 0.240 e. The van der Waals surface area contributed by atoms with E-state index in [0.717, 1.165) is 6.54 Å². The van der Waals surface area contributed by atoms with Crippen LogP contribution in [0.5, 0.6) is 0 Å². The van der Waals surface area contributed by atoms with Crippen molar-refractivity contribution in [1.29, 1.82) is 0 Å². The van der Waals surface area contributed by atoms with E-state index in [1.807, 2.05) is 11.8 Å². The topological polar surface area (TPSA) is 32.3 Å². The van der Waals surface area contributed by atoms with E-state index in [4.69, 9.17) is 0 Å². The average Bonchev–Trinajstić information content (AvgIpc) is 2.68. The van der Waals surface area contributed by atoms with Crippen molar-refractivity contribution in [2.45, 2.75) is 26.4 Å². The van der Waals surface area contributed by atoms with Crippen molar-refractivity contribution in [3.8, 4) is 0 Å². The van der Waals surface area contributed by atoms with Gasteiger partial charge in [0.05, 0.1) is 12.7 Å². The highest BCUT2D eigenvalue weighted by atomic mass is 32.1. The van der Waals surface area contributed by atoms with Gasteiger partial charge in [0.2, 0.25) is 5.91 Å². The summed E-state index contributed by atoms with van der Waals surface area (Å²) in [7, 11) is 0. The van der Waals surface area contributed by atoms with Crippen LogP contribution in [0.4, 0.5) is 0 Å². The maximum absolute atomic E-state index is 11.6. The summed E-state index contributed by atoms with van der Waals surface area (Å²) in [5.41, 5.74) is 2.54. The zero-order chi connectivity index (χ0) is 10.1. The first kappa shape index (κ1) is 9.68. The molecular weight excluding hydrogens is 196 g/mol. The van der Waals surface area contributed by atoms with Gasteiger partial charge in [-0.1, -0.05) is 0 Å². The average molecular weight is 210 g/mol. The first-order valence-corrected chi connectivity index (χ1v) is 5.66. The van der Waals surface area contributed by atoms with Crippen molar-refractivity contribution in [2.75, 3.05) is 6.67 Å². The second-order valence-electron chi connectivity index (χ2n) is 3.70. The minimum absolute atomic E-state index is 0.0195. The molecule has 76 valence electrons. The highest BCUT2D eigenvalue weighted by Gasteiger charge is 2.27. The van der Waals surface area contributed by atoms with E-state index in [9.17, 15) is 4.79 Å². The summed E-state index contributed by atoms with van der Waals surface area (Å²) in [6, 6.07) is -0.0195. The van der Waals surface area contributed by atoms with Crippen molar-refractivity contribution >= 4 is 17.2 Å². The molecule has 1 unspecified atom stereocenters. The molecule has 0 saturated carbocycles. The van der Waals surface area contributed by atoms with Gasteiger partial charge >= 0.3 is 0 Å². The molecule has 1 fully saturated rings. The van der Waals surface area contributed by atoms with Crippen molar-refractivity contribution in [1.82, 2.24) is 10.2 Å². The first-order chi connectivity index (χ1) is 6.68. The van der Waals surface area contributed by atoms with Crippen LogP contribution in [-0.2, 0) is 11.3 Å². The largest absolute Gasteiger partial charge is 0.324 e. The Morgan fingerprint density at radius 3 is 2.93 bits per heavy atom. The summed E-state index contributed by atoms with van der Waals surface area (Å²) in [5.74, 6) is 0.204. The molecule has 1 aromatic heterocycles. The summed E-state index contributed by atoms with van der Waals surface area (Å²) in [6.07, 6.45) is 0. The van der Waals surface area contributed by atoms with Gasteiger partial charge in [-0.2, -0.15) is 11.3 Å². The van der Waals surface area contributed by atoms with Gasteiger partial charge < -0.3 is 4.90 Å². The smallest absolute Gasteiger partial charge is 0.240 e. The summed E-state index contributed by atoms with van der Waals surface area (Å²) >= 11 is 1.69. The molecule has 0 spiro atoms. The van der Waals surface area contributed by atoms with Crippen LogP contribution in [-0.4, -0.2) is 23.5 Å². The van der Waals surface area contributed by atoms with E-state index in [1.54, 1.807) is 11.3 Å². The van der Waals surface area contributed by atoms with Crippen LogP contribution < -0.4 is 5.32 Å². The second-order valence-corrected chi connectivity index (χ2v) is 4.44. The molecule has 1 atom stereocenters. The summed E-state index contributed by atoms with van der Waals surface area (Å²) in [4.78, 5) is 13.5. The lowest BCUT2D eigenvalue weighted by Gasteiger charge is -2.14. The Labute approximate surface area is 87.7 Å². The number of rotatable bonds is 2. The van der Waals surface area contributed by atoms with Crippen LogP contribution in [0.3, 0.4) is 0 Å². The summed E-state index contributed by atoms with van der Waals surface area (Å²) < 4.78 is 0. The minimum atomic E-state index is -0.0195. The maximum atomic E-state index is 11.6. The van der Waals surface area contributed by atoms with E-state index >= 15 is 0 Å². The quantitative estimate of drug-likeness (QED) is 0.799. The lowest BCUT2D eigenvalue weighted by molar-refractivity contribution is -0.129. The third-order valence-electron chi connectivity index (χ3n) is 2.59. The predicted molar refractivity (Wildman–Crippen MR) is 57.1 cm³/mol. The molecule has 1 aromatic rings. The molecule has 3 nitrogen and oxygen atoms in total. The SMILES string of the molecule is Cc1cscc1CN1CNC(C)C1=O. The molecule has 4 heteroatoms. The van der Waals surface area contributed by atoms with Crippen molar-refractivity contribution < 1.29 is 4.79 Å². The Bertz CT molecular complexity index is 348. The lowest BCUT2D eigenvalue weighted by atomic mass is 10.2. The molecule has 1 aliphatic heterocycles. The van der Waals surface area contributed by atoms with E-state index in [1.165, 1.54) is 11.1 Å². The van der Waals surface area contributed by atoms with Gasteiger partial charge in [0.1, 0.15) is 0 Å². The van der Waals surface area contributed by atoms with E-state index in [-0.39, 0.29) is 11.9 Å². The number of thiophene rings is 1. The zero-order valence-electron chi connectivity index (χ0n) is 8.41. The Morgan fingerprint density at radius 2 is 2.43 bits per heavy atom. The third-order valence-corrected chi connectivity index (χ3v) is 3.50. The number of hydrogen-bond donors (Lipinski definition) is 1. The van der Waals surface area contributed by atoms with Gasteiger partial charge in [-0.3, -0.25) is 10.1 Å². The molecule has 1 saturated heterocycles. The van der Waals surface area contributed by atoms with Gasteiger partial charge in [0.25, 0.3) is 0 Å². The normalized spacial score (nSPS) is 22.0. The van der Waals surface area contributed by atoms with Crippen molar-refractivity contribution in [2.24, 2.45) is 0 Å². The highest BCUT2D eigenvalue weighted by Crippen LogP contribution is 2.17. The van der Waals surface area contributed by atoms with Crippen molar-refractivity contribution in [3.63, 3.8) is 0 Å². The molecule has 2 heterocycles. The van der Waals surface area contributed by atoms with Crippen LogP contribution in [0.15, 0.2) is 10.8 Å². The van der Waals surface area contributed by atoms with E-state index < -0.39 is 0 Å². The number of amides is 1. The van der Waals surface area contributed by atoms with Gasteiger partial charge in [-0.05, 0) is 35.7 Å². The van der Waals surface area contributed by atoms with Gasteiger partial charge in [0.15, 0.2) is 0 Å². The van der Waals surface area contributed by atoms with Crippen LogP contribution in [0, 0.1) is 6.92 Å². The third kappa shape index (κ3) is 1.67. The molecule has 1 aliphatic rings. The monoisotopic (exact) mass is 210 g/mol. The fourth-order valence-electron chi connectivity index (χ4n) is 1.57. The number of hydrogen-bond acceptors (Lipinski definition) is 3. The molecule has 14 heavy (non-hydrogen) atoms. The Balaban J connectivity index is 2.06. The zero-order valence-corrected chi connectivity index (χ0v) is 9.23. The standard InChI is InChI=1S/C10H14N2OS/c1-7-4-14-5-9(7)3-12-6-11-8(2)10(12)13/h4-5,8,11H,3,6H2,1-2H3. The molecule has 2 rings (SSSR count). The van der Waals surface area contributed by atoms with Crippen LogP contribution in [0.25, 0.3) is 0 Å². The van der Waals surface area contributed by atoms with Crippen LogP contribution in [0.1, 0.15) is 18.1 Å². The lowest BCUT2D eigenvalue weighted by Crippen LogP contribution is -2.28. The second kappa shape index (κ2) is 3.71. The summed E-state index contributed by atoms with van der Waals surface area (Å²) in [6.45, 7) is 5.41. The molecular formula is C10H14N2OS. The molecule has 1 amide bonds. The Kier molecular flexibility index (Phi) is 2.56. The minimum Gasteiger partial charge on any atom is -0.324 e. The number of carbonyl (C=O) groups is 1. The number of aryl methyl sites for hydroxylation is 1. The molecule has 0 aromatic carbocycles. The number of carbonyl (C=O) groups excluding carboxylic acids is 1. The molecule has 0 radical (unpaired) electrons. The van der Waals surface area contributed by atoms with Gasteiger partial charge in [-0.25, -0.2) is 0 Å². The fraction of sp³-hybridized carbons (Fsp3) is 0.500. The van der Waals surface area contributed by atoms with Crippen molar-refractivity contribution in [3.05, 3.63) is 21.9 Å². The van der Waals surface area contributed by atoms with E-state index in [0.29, 0.717) is 6.67 Å². The Hall–Kier alpha value is -0.870. The Morgan fingerprint density at radius 1 is 1.64 bits per heavy atom.